The molecule has 2 heterocycles. The van der Waals surface area contributed by atoms with Gasteiger partial charge in [0.15, 0.2) is 0 Å². The minimum absolute atomic E-state index is 0.00683. The zero-order chi connectivity index (χ0) is 14.8. The second-order valence-electron chi connectivity index (χ2n) is 4.02. The average molecular weight is 296 g/mol. The molecule has 2 aromatic rings. The number of nitrogens with one attached hydrogen (secondary N) is 1. The Labute approximate surface area is 115 Å². The molecule has 0 aliphatic rings. The Bertz CT molecular complexity index is 736. The molecule has 0 unspecified atom stereocenters. The molecule has 0 aromatic carbocycles. The number of hydrogen-bond acceptors (Lipinski definition) is 5. The molecule has 0 spiro atoms. The third-order valence-electron chi connectivity index (χ3n) is 2.45. The summed E-state index contributed by atoms with van der Waals surface area (Å²) in [6.07, 6.45) is 0. The minimum atomic E-state index is -3.90. The summed E-state index contributed by atoms with van der Waals surface area (Å²) in [4.78, 5) is 14.8. The van der Waals surface area contributed by atoms with Crippen molar-refractivity contribution in [2.75, 3.05) is 0 Å². The van der Waals surface area contributed by atoms with Crippen molar-refractivity contribution in [2.24, 2.45) is 0 Å². The molecule has 0 saturated carbocycles. The van der Waals surface area contributed by atoms with Crippen LogP contribution >= 0.6 is 0 Å². The SMILES string of the molecule is Cc1cccc(CNS(=O)(=O)c2ccc(C(=O)O)o2)n1. The molecule has 0 amide bonds. The second kappa shape index (κ2) is 5.43. The molecule has 0 radical (unpaired) electrons. The highest BCUT2D eigenvalue weighted by Crippen LogP contribution is 2.14. The molecular formula is C12H12N2O5S. The van der Waals surface area contributed by atoms with Gasteiger partial charge in [-0.1, -0.05) is 6.07 Å². The standard InChI is InChI=1S/C12H12N2O5S/c1-8-3-2-4-9(14-8)7-13-20(17,18)11-6-5-10(19-11)12(15)16/h2-6,13H,7H2,1H3,(H,15,16). The number of furan rings is 1. The van der Waals surface area contributed by atoms with Gasteiger partial charge in [-0.3, -0.25) is 4.98 Å². The molecule has 0 atom stereocenters. The summed E-state index contributed by atoms with van der Waals surface area (Å²) in [5.41, 5.74) is 1.33. The summed E-state index contributed by atoms with van der Waals surface area (Å²) in [6.45, 7) is 1.79. The molecule has 2 N–H and O–H groups in total. The summed E-state index contributed by atoms with van der Waals surface area (Å²) in [7, 11) is -3.90. The summed E-state index contributed by atoms with van der Waals surface area (Å²) >= 11 is 0. The van der Waals surface area contributed by atoms with E-state index in [-0.39, 0.29) is 6.54 Å². The van der Waals surface area contributed by atoms with E-state index in [1.165, 1.54) is 0 Å². The highest BCUT2D eigenvalue weighted by Gasteiger charge is 2.20. The van der Waals surface area contributed by atoms with E-state index in [2.05, 4.69) is 9.71 Å². The van der Waals surface area contributed by atoms with Crippen molar-refractivity contribution in [3.8, 4) is 0 Å². The van der Waals surface area contributed by atoms with E-state index in [4.69, 9.17) is 9.52 Å². The number of carboxylic acids is 1. The maximum absolute atomic E-state index is 11.9. The van der Waals surface area contributed by atoms with Crippen molar-refractivity contribution in [2.45, 2.75) is 18.6 Å². The van der Waals surface area contributed by atoms with E-state index in [1.807, 2.05) is 0 Å². The van der Waals surface area contributed by atoms with Crippen LogP contribution in [0.5, 0.6) is 0 Å². The fourth-order valence-electron chi connectivity index (χ4n) is 1.52. The molecule has 2 aromatic heterocycles. The number of rotatable bonds is 5. The number of carboxylic acid groups (broad SMARTS) is 1. The monoisotopic (exact) mass is 296 g/mol. The van der Waals surface area contributed by atoms with Crippen molar-refractivity contribution in [3.63, 3.8) is 0 Å². The number of hydrogen-bond donors (Lipinski definition) is 2. The van der Waals surface area contributed by atoms with E-state index < -0.39 is 26.8 Å². The van der Waals surface area contributed by atoms with Crippen LogP contribution in [0.3, 0.4) is 0 Å². The van der Waals surface area contributed by atoms with Gasteiger partial charge in [-0.2, -0.15) is 0 Å². The summed E-state index contributed by atoms with van der Waals surface area (Å²) < 4.78 is 30.8. The largest absolute Gasteiger partial charge is 0.475 e. The van der Waals surface area contributed by atoms with Gasteiger partial charge in [0.1, 0.15) is 0 Å². The van der Waals surface area contributed by atoms with Gasteiger partial charge < -0.3 is 9.52 Å². The maximum Gasteiger partial charge on any atom is 0.371 e. The lowest BCUT2D eigenvalue weighted by molar-refractivity contribution is 0.0656. The van der Waals surface area contributed by atoms with Gasteiger partial charge in [-0.25, -0.2) is 17.9 Å². The number of pyridine rings is 1. The van der Waals surface area contributed by atoms with Crippen LogP contribution in [0.2, 0.25) is 0 Å². The summed E-state index contributed by atoms with van der Waals surface area (Å²) in [5.74, 6) is -1.76. The Kier molecular flexibility index (Phi) is 3.86. The normalized spacial score (nSPS) is 11.4. The molecule has 106 valence electrons. The number of carbonyl (C=O) groups is 1. The Balaban J connectivity index is 2.12. The summed E-state index contributed by atoms with van der Waals surface area (Å²) in [5, 5.41) is 8.24. The van der Waals surface area contributed by atoms with E-state index in [0.29, 0.717) is 5.69 Å². The van der Waals surface area contributed by atoms with Gasteiger partial charge >= 0.3 is 5.97 Å². The number of nitrogens with zero attached hydrogens (tertiary/aromatic N) is 1. The zero-order valence-electron chi connectivity index (χ0n) is 10.5. The van der Waals surface area contributed by atoms with Crippen molar-refractivity contribution >= 4 is 16.0 Å². The van der Waals surface area contributed by atoms with E-state index in [1.54, 1.807) is 25.1 Å². The molecule has 7 nitrogen and oxygen atoms in total. The molecule has 0 saturated heterocycles. The third-order valence-corrected chi connectivity index (χ3v) is 3.72. The third kappa shape index (κ3) is 3.22. The van der Waals surface area contributed by atoms with Crippen LogP contribution in [0.25, 0.3) is 0 Å². The molecule has 0 fully saturated rings. The molecule has 0 bridgehead atoms. The average Bonchev–Trinajstić information content (AvgIpc) is 2.87. The molecule has 0 aliphatic carbocycles. The quantitative estimate of drug-likeness (QED) is 0.856. The predicted molar refractivity (Wildman–Crippen MR) is 68.7 cm³/mol. The van der Waals surface area contributed by atoms with Crippen LogP contribution in [0.15, 0.2) is 39.8 Å². The van der Waals surface area contributed by atoms with Crippen molar-refractivity contribution in [1.29, 1.82) is 0 Å². The van der Waals surface area contributed by atoms with Crippen molar-refractivity contribution < 1.29 is 22.7 Å². The Hall–Kier alpha value is -2.19. The second-order valence-corrected chi connectivity index (χ2v) is 5.72. The van der Waals surface area contributed by atoms with Crippen LogP contribution in [0.4, 0.5) is 0 Å². The Morgan fingerprint density at radius 3 is 2.70 bits per heavy atom. The maximum atomic E-state index is 11.9. The molecule has 8 heteroatoms. The van der Waals surface area contributed by atoms with Crippen LogP contribution in [0.1, 0.15) is 21.9 Å². The fraction of sp³-hybridized carbons (Fsp3) is 0.167. The van der Waals surface area contributed by atoms with Crippen molar-refractivity contribution in [3.05, 3.63) is 47.5 Å². The van der Waals surface area contributed by atoms with E-state index >= 15 is 0 Å². The van der Waals surface area contributed by atoms with Gasteiger partial charge in [-0.05, 0) is 31.2 Å². The fourth-order valence-corrected chi connectivity index (χ4v) is 2.44. The highest BCUT2D eigenvalue weighted by atomic mass is 32.2. The van der Waals surface area contributed by atoms with E-state index in [0.717, 1.165) is 17.8 Å². The Morgan fingerprint density at radius 1 is 1.35 bits per heavy atom. The first kappa shape index (κ1) is 14.2. The van der Waals surface area contributed by atoms with Gasteiger partial charge in [0, 0.05) is 5.69 Å². The Morgan fingerprint density at radius 2 is 2.10 bits per heavy atom. The van der Waals surface area contributed by atoms with Gasteiger partial charge in [0.25, 0.3) is 10.0 Å². The number of aromatic carboxylic acids is 1. The predicted octanol–water partition coefficient (Wildman–Crippen LogP) is 1.16. The molecule has 2 rings (SSSR count). The number of aryl methyl sites for hydroxylation is 1. The first-order valence-corrected chi connectivity index (χ1v) is 7.12. The van der Waals surface area contributed by atoms with Crippen LogP contribution in [-0.2, 0) is 16.6 Å². The molecule has 20 heavy (non-hydrogen) atoms. The van der Waals surface area contributed by atoms with Crippen LogP contribution < -0.4 is 4.72 Å². The topological polar surface area (TPSA) is 110 Å². The minimum Gasteiger partial charge on any atom is -0.475 e. The lowest BCUT2D eigenvalue weighted by Gasteiger charge is -2.04. The van der Waals surface area contributed by atoms with Crippen LogP contribution in [-0.4, -0.2) is 24.5 Å². The smallest absolute Gasteiger partial charge is 0.371 e. The first-order valence-electron chi connectivity index (χ1n) is 5.64. The van der Waals surface area contributed by atoms with E-state index in [9.17, 15) is 13.2 Å². The number of aromatic nitrogens is 1. The molecular weight excluding hydrogens is 284 g/mol. The first-order chi connectivity index (χ1) is 9.38. The van der Waals surface area contributed by atoms with Crippen LogP contribution in [0, 0.1) is 6.92 Å². The van der Waals surface area contributed by atoms with Gasteiger partial charge in [-0.15, -0.1) is 0 Å². The molecule has 0 aliphatic heterocycles. The summed E-state index contributed by atoms with van der Waals surface area (Å²) in [6, 6.07) is 7.42. The van der Waals surface area contributed by atoms with Crippen molar-refractivity contribution in [1.82, 2.24) is 9.71 Å². The zero-order valence-corrected chi connectivity index (χ0v) is 11.3. The van der Waals surface area contributed by atoms with Gasteiger partial charge in [0.05, 0.1) is 12.2 Å². The lowest BCUT2D eigenvalue weighted by Crippen LogP contribution is -2.23. The van der Waals surface area contributed by atoms with Gasteiger partial charge in [0.2, 0.25) is 10.9 Å². The highest BCUT2D eigenvalue weighted by molar-refractivity contribution is 7.89. The number of sulfonamides is 1. The lowest BCUT2D eigenvalue weighted by atomic mass is 10.3.